The van der Waals surface area contributed by atoms with Crippen LogP contribution in [0.15, 0.2) is 87.9 Å². The third-order valence-corrected chi connectivity index (χ3v) is 6.42. The molecule has 3 aromatic rings. The molecule has 12 heteroatoms. The monoisotopic (exact) mass is 539 g/mol. The van der Waals surface area contributed by atoms with Crippen LogP contribution in [0.25, 0.3) is 10.8 Å². The van der Waals surface area contributed by atoms with E-state index >= 15 is 0 Å². The summed E-state index contributed by atoms with van der Waals surface area (Å²) >= 11 is 0. The van der Waals surface area contributed by atoms with Crippen molar-refractivity contribution in [2.24, 2.45) is 10.2 Å². The Morgan fingerprint density at radius 3 is 2.16 bits per heavy atom. The summed E-state index contributed by atoms with van der Waals surface area (Å²) in [5.41, 5.74) is 0.728. The maximum atomic E-state index is 11.2. The standard InChI is InChI=1S/C16H12N2O4S.C10H13NO4/c19-15-10-5-11-3-1-2-4-14(11)16(15)18-17-12-6-8-13(9-7-12)23(20,21)22;1-2-3-4-7(10(14)15)11-8(12)5-6-9(11)13/h1-10,19H,(H,20,21,22);5-7H,2-4H2,1H3,(H,14,15). The lowest BCUT2D eigenvalue weighted by Crippen LogP contribution is -2.44. The number of amides is 2. The molecule has 0 spiro atoms. The lowest BCUT2D eigenvalue weighted by molar-refractivity contribution is -0.153. The molecular weight excluding hydrogens is 514 g/mol. The number of carbonyl (C=O) groups is 3. The second kappa shape index (κ2) is 12.2. The minimum atomic E-state index is -4.23. The summed E-state index contributed by atoms with van der Waals surface area (Å²) in [5.74, 6) is -2.21. The Morgan fingerprint density at radius 1 is 0.947 bits per heavy atom. The lowest BCUT2D eigenvalue weighted by atomic mass is 10.1. The van der Waals surface area contributed by atoms with E-state index in [4.69, 9.17) is 9.66 Å². The summed E-state index contributed by atoms with van der Waals surface area (Å²) in [5, 5.41) is 28.6. The van der Waals surface area contributed by atoms with Gasteiger partial charge in [0.25, 0.3) is 21.9 Å². The largest absolute Gasteiger partial charge is 0.506 e. The van der Waals surface area contributed by atoms with Crippen LogP contribution in [-0.4, -0.2) is 51.9 Å². The molecule has 3 aromatic carbocycles. The van der Waals surface area contributed by atoms with E-state index in [0.717, 1.165) is 34.2 Å². The van der Waals surface area contributed by atoms with Gasteiger partial charge in [0, 0.05) is 17.5 Å². The Hall–Kier alpha value is -4.42. The van der Waals surface area contributed by atoms with Crippen molar-refractivity contribution >= 4 is 50.0 Å². The number of unbranched alkanes of at least 4 members (excludes halogenated alkanes) is 1. The van der Waals surface area contributed by atoms with Gasteiger partial charge in [0.05, 0.1) is 10.6 Å². The van der Waals surface area contributed by atoms with Crippen molar-refractivity contribution in [3.8, 4) is 5.75 Å². The number of aliphatic carboxylic acids is 1. The number of fused-ring (bicyclic) bond motifs is 1. The third kappa shape index (κ3) is 6.87. The third-order valence-electron chi connectivity index (χ3n) is 5.55. The lowest BCUT2D eigenvalue weighted by Gasteiger charge is -2.21. The van der Waals surface area contributed by atoms with Crippen LogP contribution in [0, 0.1) is 0 Å². The number of phenolic OH excluding ortho intramolecular Hbond substituents is 1. The molecule has 11 nitrogen and oxygen atoms in total. The van der Waals surface area contributed by atoms with E-state index in [2.05, 4.69) is 10.2 Å². The van der Waals surface area contributed by atoms with E-state index in [1.807, 2.05) is 31.2 Å². The molecule has 1 heterocycles. The Labute approximate surface area is 218 Å². The molecule has 4 rings (SSSR count). The Kier molecular flexibility index (Phi) is 9.05. The highest BCUT2D eigenvalue weighted by Gasteiger charge is 2.35. The summed E-state index contributed by atoms with van der Waals surface area (Å²) in [6.07, 6.45) is 4.01. The van der Waals surface area contributed by atoms with E-state index < -0.39 is 33.9 Å². The summed E-state index contributed by atoms with van der Waals surface area (Å²) < 4.78 is 30.9. The zero-order chi connectivity index (χ0) is 27.9. The second-order valence-electron chi connectivity index (χ2n) is 8.20. The Bertz CT molecular complexity index is 1500. The van der Waals surface area contributed by atoms with Crippen molar-refractivity contribution in [3.05, 3.63) is 72.8 Å². The predicted octanol–water partition coefficient (Wildman–Crippen LogP) is 4.76. The van der Waals surface area contributed by atoms with E-state index in [1.54, 1.807) is 6.07 Å². The fraction of sp³-hybridized carbons (Fsp3) is 0.192. The van der Waals surface area contributed by atoms with Crippen LogP contribution >= 0.6 is 0 Å². The van der Waals surface area contributed by atoms with Gasteiger partial charge in [-0.15, -0.1) is 5.11 Å². The smallest absolute Gasteiger partial charge is 0.326 e. The molecule has 0 saturated carbocycles. The van der Waals surface area contributed by atoms with Crippen LogP contribution < -0.4 is 0 Å². The number of carboxylic acid groups (broad SMARTS) is 1. The number of benzene rings is 3. The maximum absolute atomic E-state index is 11.2. The summed E-state index contributed by atoms with van der Waals surface area (Å²) in [7, 11) is -4.23. The van der Waals surface area contributed by atoms with E-state index in [9.17, 15) is 27.9 Å². The first-order chi connectivity index (χ1) is 18.0. The minimum absolute atomic E-state index is 0.00186. The van der Waals surface area contributed by atoms with Crippen LogP contribution in [-0.2, 0) is 24.5 Å². The Morgan fingerprint density at radius 2 is 1.58 bits per heavy atom. The molecule has 0 bridgehead atoms. The number of imide groups is 1. The van der Waals surface area contributed by atoms with Crippen LogP contribution in [0.2, 0.25) is 0 Å². The number of rotatable bonds is 8. The highest BCUT2D eigenvalue weighted by atomic mass is 32.2. The molecule has 198 valence electrons. The van der Waals surface area contributed by atoms with Gasteiger partial charge in [-0.1, -0.05) is 50.1 Å². The first-order valence-corrected chi connectivity index (χ1v) is 12.9. The average Bonchev–Trinajstić information content (AvgIpc) is 3.21. The second-order valence-corrected chi connectivity index (χ2v) is 9.62. The molecule has 0 saturated heterocycles. The first kappa shape index (κ1) is 28.2. The van der Waals surface area contributed by atoms with Crippen molar-refractivity contribution in [2.45, 2.75) is 37.1 Å². The van der Waals surface area contributed by atoms with Gasteiger partial charge in [0.1, 0.15) is 17.5 Å². The Balaban J connectivity index is 0.000000232. The number of nitrogens with zero attached hydrogens (tertiary/aromatic N) is 3. The zero-order valence-electron chi connectivity index (χ0n) is 20.3. The molecular formula is C26H25N3O8S. The highest BCUT2D eigenvalue weighted by molar-refractivity contribution is 7.85. The van der Waals surface area contributed by atoms with Crippen LogP contribution in [0.4, 0.5) is 11.4 Å². The number of azo groups is 1. The molecule has 1 aliphatic rings. The van der Waals surface area contributed by atoms with Gasteiger partial charge in [0.2, 0.25) is 0 Å². The fourth-order valence-corrected chi connectivity index (χ4v) is 4.10. The average molecular weight is 540 g/mol. The van der Waals surface area contributed by atoms with Crippen molar-refractivity contribution in [3.63, 3.8) is 0 Å². The molecule has 38 heavy (non-hydrogen) atoms. The van der Waals surface area contributed by atoms with Crippen LogP contribution in [0.5, 0.6) is 5.75 Å². The number of carbonyl (C=O) groups excluding carboxylic acids is 2. The summed E-state index contributed by atoms with van der Waals surface area (Å²) in [4.78, 5) is 34.0. The minimum Gasteiger partial charge on any atom is -0.506 e. The molecule has 0 aromatic heterocycles. The van der Waals surface area contributed by atoms with Gasteiger partial charge in [0.15, 0.2) is 0 Å². The molecule has 1 unspecified atom stereocenters. The molecule has 0 radical (unpaired) electrons. The van der Waals surface area contributed by atoms with E-state index in [-0.39, 0.29) is 10.6 Å². The molecule has 2 amide bonds. The molecule has 1 atom stereocenters. The predicted molar refractivity (Wildman–Crippen MR) is 138 cm³/mol. The summed E-state index contributed by atoms with van der Waals surface area (Å²) in [6, 6.07) is 15.0. The van der Waals surface area contributed by atoms with Gasteiger partial charge >= 0.3 is 5.97 Å². The molecule has 3 N–H and O–H groups in total. The van der Waals surface area contributed by atoms with Crippen molar-refractivity contribution < 1.29 is 37.6 Å². The quantitative estimate of drug-likeness (QED) is 0.209. The normalized spacial score (nSPS) is 14.1. The fourth-order valence-electron chi connectivity index (χ4n) is 3.62. The van der Waals surface area contributed by atoms with E-state index in [0.29, 0.717) is 24.2 Å². The summed E-state index contributed by atoms with van der Waals surface area (Å²) in [6.45, 7) is 1.92. The molecule has 1 aliphatic heterocycles. The number of phenols is 1. The van der Waals surface area contributed by atoms with Gasteiger partial charge < -0.3 is 10.2 Å². The topological polar surface area (TPSA) is 174 Å². The van der Waals surface area contributed by atoms with Gasteiger partial charge in [-0.2, -0.15) is 13.5 Å². The highest BCUT2D eigenvalue weighted by Crippen LogP contribution is 2.36. The van der Waals surface area contributed by atoms with Gasteiger partial charge in [-0.25, -0.2) is 4.79 Å². The van der Waals surface area contributed by atoms with Crippen LogP contribution in [0.3, 0.4) is 0 Å². The van der Waals surface area contributed by atoms with Crippen molar-refractivity contribution in [1.82, 2.24) is 4.90 Å². The zero-order valence-corrected chi connectivity index (χ0v) is 21.1. The number of carboxylic acids is 1. The van der Waals surface area contributed by atoms with Gasteiger partial charge in [-0.3, -0.25) is 19.0 Å². The number of aromatic hydroxyl groups is 1. The van der Waals surface area contributed by atoms with Gasteiger partial charge in [-0.05, 0) is 42.1 Å². The van der Waals surface area contributed by atoms with E-state index in [1.165, 1.54) is 30.3 Å². The molecule has 0 fully saturated rings. The number of hydrogen-bond acceptors (Lipinski definition) is 8. The maximum Gasteiger partial charge on any atom is 0.326 e. The number of hydrogen-bond donors (Lipinski definition) is 3. The molecule has 0 aliphatic carbocycles. The van der Waals surface area contributed by atoms with Crippen molar-refractivity contribution in [2.75, 3.05) is 0 Å². The van der Waals surface area contributed by atoms with Crippen LogP contribution in [0.1, 0.15) is 26.2 Å². The first-order valence-electron chi connectivity index (χ1n) is 11.5. The van der Waals surface area contributed by atoms with Crippen molar-refractivity contribution in [1.29, 1.82) is 0 Å². The SMILES string of the molecule is CCCCC(C(=O)O)N1C(=O)C=CC1=O.O=S(=O)(O)c1ccc(N=Nc2c(O)ccc3ccccc23)cc1.